The van der Waals surface area contributed by atoms with Gasteiger partial charge in [-0.3, -0.25) is 0 Å². The van der Waals surface area contributed by atoms with Crippen LogP contribution in [-0.4, -0.2) is 24.2 Å². The zero-order chi connectivity index (χ0) is 11.4. The molecule has 0 aromatic carbocycles. The Morgan fingerprint density at radius 3 is 3.06 bits per heavy atom. The molecule has 1 N–H and O–H groups in total. The zero-order valence-electron chi connectivity index (χ0n) is 9.31. The van der Waals surface area contributed by atoms with Gasteiger partial charge >= 0.3 is 0 Å². The van der Waals surface area contributed by atoms with Crippen LogP contribution in [0.3, 0.4) is 0 Å². The van der Waals surface area contributed by atoms with Crippen LogP contribution in [0.4, 0.5) is 0 Å². The smallest absolute Gasteiger partial charge is 0.213 e. The van der Waals surface area contributed by atoms with Gasteiger partial charge in [-0.2, -0.15) is 5.26 Å². The van der Waals surface area contributed by atoms with E-state index in [1.165, 1.54) is 6.20 Å². The largest absolute Gasteiger partial charge is 0.473 e. The van der Waals surface area contributed by atoms with Gasteiger partial charge in [-0.25, -0.2) is 4.98 Å². The first-order valence-electron chi connectivity index (χ1n) is 5.53. The van der Waals surface area contributed by atoms with E-state index < -0.39 is 0 Å². The number of hydrogen-bond donors (Lipinski definition) is 1. The summed E-state index contributed by atoms with van der Waals surface area (Å²) in [7, 11) is 0. The molecule has 1 fully saturated rings. The van der Waals surface area contributed by atoms with Gasteiger partial charge in [-0.1, -0.05) is 6.92 Å². The minimum absolute atomic E-state index is 0.175. The molecule has 16 heavy (non-hydrogen) atoms. The molecule has 1 aliphatic heterocycles. The Morgan fingerprint density at radius 1 is 1.56 bits per heavy atom. The summed E-state index contributed by atoms with van der Waals surface area (Å²) in [4.78, 5) is 4.11. The molecule has 0 aliphatic carbocycles. The molecule has 0 spiro atoms. The van der Waals surface area contributed by atoms with Crippen molar-refractivity contribution in [3.63, 3.8) is 0 Å². The van der Waals surface area contributed by atoms with E-state index in [4.69, 9.17) is 10.00 Å². The number of pyridine rings is 1. The van der Waals surface area contributed by atoms with E-state index in [0.29, 0.717) is 17.4 Å². The molecule has 0 radical (unpaired) electrons. The van der Waals surface area contributed by atoms with E-state index in [1.54, 1.807) is 12.1 Å². The van der Waals surface area contributed by atoms with Gasteiger partial charge in [0, 0.05) is 18.8 Å². The Balaban J connectivity index is 2.00. The third-order valence-corrected chi connectivity index (χ3v) is 2.89. The fourth-order valence-electron chi connectivity index (χ4n) is 1.79. The van der Waals surface area contributed by atoms with Crippen molar-refractivity contribution in [3.05, 3.63) is 23.9 Å². The Hall–Kier alpha value is -1.60. The summed E-state index contributed by atoms with van der Waals surface area (Å²) in [6, 6.07) is 5.51. The predicted octanol–water partition coefficient (Wildman–Crippen LogP) is 1.33. The van der Waals surface area contributed by atoms with Crippen LogP contribution in [0.15, 0.2) is 18.3 Å². The second-order valence-corrected chi connectivity index (χ2v) is 4.12. The van der Waals surface area contributed by atoms with Crippen LogP contribution in [0.5, 0.6) is 5.88 Å². The van der Waals surface area contributed by atoms with Crippen molar-refractivity contribution < 1.29 is 4.74 Å². The number of nitriles is 1. The number of ether oxygens (including phenoxy) is 1. The summed E-state index contributed by atoms with van der Waals surface area (Å²) < 4.78 is 5.78. The fraction of sp³-hybridized carbons (Fsp3) is 0.500. The maximum Gasteiger partial charge on any atom is 0.213 e. The average Bonchev–Trinajstić information content (AvgIpc) is 2.33. The number of piperidine rings is 1. The van der Waals surface area contributed by atoms with Gasteiger partial charge in [0.25, 0.3) is 0 Å². The highest BCUT2D eigenvalue weighted by Crippen LogP contribution is 2.17. The Kier molecular flexibility index (Phi) is 3.37. The van der Waals surface area contributed by atoms with Gasteiger partial charge in [0.15, 0.2) is 0 Å². The van der Waals surface area contributed by atoms with Crippen LogP contribution in [-0.2, 0) is 0 Å². The Labute approximate surface area is 95.3 Å². The van der Waals surface area contributed by atoms with E-state index in [0.717, 1.165) is 19.5 Å². The number of nitrogens with one attached hydrogen (secondary N) is 1. The van der Waals surface area contributed by atoms with E-state index in [-0.39, 0.29) is 6.10 Å². The standard InChI is InChI=1S/C12H15N3O/c1-9-4-5-14-8-11(9)16-12-3-2-10(6-13)7-15-12/h2-3,7,9,11,14H,4-5,8H2,1H3. The monoisotopic (exact) mass is 217 g/mol. The molecule has 1 aromatic rings. The van der Waals surface area contributed by atoms with E-state index in [2.05, 4.69) is 17.2 Å². The lowest BCUT2D eigenvalue weighted by Gasteiger charge is -2.29. The summed E-state index contributed by atoms with van der Waals surface area (Å²) in [6.07, 6.45) is 2.84. The Morgan fingerprint density at radius 2 is 2.44 bits per heavy atom. The van der Waals surface area contributed by atoms with Crippen molar-refractivity contribution in [2.75, 3.05) is 13.1 Å². The van der Waals surface area contributed by atoms with Crippen LogP contribution in [0.2, 0.25) is 0 Å². The predicted molar refractivity (Wildman–Crippen MR) is 60.0 cm³/mol. The number of nitrogens with zero attached hydrogens (tertiary/aromatic N) is 2. The van der Waals surface area contributed by atoms with Crippen LogP contribution >= 0.6 is 0 Å². The molecule has 2 unspecified atom stereocenters. The van der Waals surface area contributed by atoms with Gasteiger partial charge in [0.1, 0.15) is 12.2 Å². The number of aromatic nitrogens is 1. The second-order valence-electron chi connectivity index (χ2n) is 4.12. The first-order valence-corrected chi connectivity index (χ1v) is 5.53. The lowest BCUT2D eigenvalue weighted by atomic mass is 9.97. The molecule has 1 aliphatic rings. The highest BCUT2D eigenvalue weighted by molar-refractivity contribution is 5.28. The van der Waals surface area contributed by atoms with Gasteiger partial charge in [-0.05, 0) is 24.9 Å². The first kappa shape index (κ1) is 10.9. The molecule has 4 nitrogen and oxygen atoms in total. The molecule has 1 aromatic heterocycles. The molecular weight excluding hydrogens is 202 g/mol. The van der Waals surface area contributed by atoms with Crippen molar-refractivity contribution in [2.45, 2.75) is 19.4 Å². The molecular formula is C12H15N3O. The highest BCUT2D eigenvalue weighted by Gasteiger charge is 2.22. The van der Waals surface area contributed by atoms with Crippen molar-refractivity contribution >= 4 is 0 Å². The van der Waals surface area contributed by atoms with E-state index in [9.17, 15) is 0 Å². The molecule has 0 saturated carbocycles. The molecule has 84 valence electrons. The molecule has 4 heteroatoms. The maximum atomic E-state index is 8.65. The quantitative estimate of drug-likeness (QED) is 0.812. The number of rotatable bonds is 2. The van der Waals surface area contributed by atoms with Gasteiger partial charge < -0.3 is 10.1 Å². The zero-order valence-corrected chi connectivity index (χ0v) is 9.31. The first-order chi connectivity index (χ1) is 7.79. The lowest BCUT2D eigenvalue weighted by Crippen LogP contribution is -2.42. The average molecular weight is 217 g/mol. The third kappa shape index (κ3) is 2.50. The van der Waals surface area contributed by atoms with Crippen molar-refractivity contribution in [3.8, 4) is 11.9 Å². The second kappa shape index (κ2) is 4.95. The molecule has 2 heterocycles. The molecule has 2 rings (SSSR count). The normalized spacial score (nSPS) is 24.8. The molecule has 0 bridgehead atoms. The lowest BCUT2D eigenvalue weighted by molar-refractivity contribution is 0.110. The SMILES string of the molecule is CC1CCNCC1Oc1ccc(C#N)cn1. The number of hydrogen-bond acceptors (Lipinski definition) is 4. The van der Waals surface area contributed by atoms with E-state index >= 15 is 0 Å². The third-order valence-electron chi connectivity index (χ3n) is 2.89. The van der Waals surface area contributed by atoms with Gasteiger partial charge in [0.05, 0.1) is 5.56 Å². The topological polar surface area (TPSA) is 57.9 Å². The van der Waals surface area contributed by atoms with Crippen molar-refractivity contribution in [1.82, 2.24) is 10.3 Å². The van der Waals surface area contributed by atoms with Gasteiger partial charge in [-0.15, -0.1) is 0 Å². The molecule has 1 saturated heterocycles. The van der Waals surface area contributed by atoms with E-state index in [1.807, 2.05) is 6.07 Å². The summed E-state index contributed by atoms with van der Waals surface area (Å²) in [5.41, 5.74) is 0.558. The minimum Gasteiger partial charge on any atom is -0.473 e. The molecule has 0 amide bonds. The highest BCUT2D eigenvalue weighted by atomic mass is 16.5. The summed E-state index contributed by atoms with van der Waals surface area (Å²) in [6.45, 7) is 4.11. The van der Waals surface area contributed by atoms with Crippen LogP contribution < -0.4 is 10.1 Å². The van der Waals surface area contributed by atoms with Crippen LogP contribution in [0.25, 0.3) is 0 Å². The van der Waals surface area contributed by atoms with Crippen LogP contribution in [0.1, 0.15) is 18.9 Å². The maximum absolute atomic E-state index is 8.65. The van der Waals surface area contributed by atoms with Crippen molar-refractivity contribution in [1.29, 1.82) is 5.26 Å². The molecule has 2 atom stereocenters. The minimum atomic E-state index is 0.175. The fourth-order valence-corrected chi connectivity index (χ4v) is 1.79. The Bertz CT molecular complexity index is 382. The summed E-state index contributed by atoms with van der Waals surface area (Å²) >= 11 is 0. The van der Waals surface area contributed by atoms with Crippen molar-refractivity contribution in [2.24, 2.45) is 5.92 Å². The summed E-state index contributed by atoms with van der Waals surface area (Å²) in [5, 5.41) is 12.0. The summed E-state index contributed by atoms with van der Waals surface area (Å²) in [5.74, 6) is 1.14. The van der Waals surface area contributed by atoms with Gasteiger partial charge in [0.2, 0.25) is 5.88 Å². The van der Waals surface area contributed by atoms with Crippen LogP contribution in [0, 0.1) is 17.2 Å².